The van der Waals surface area contributed by atoms with Crippen LogP contribution in [0.1, 0.15) is 16.3 Å². The monoisotopic (exact) mass is 327 g/mol. The van der Waals surface area contributed by atoms with Gasteiger partial charge in [-0.15, -0.1) is 21.5 Å². The van der Waals surface area contributed by atoms with Gasteiger partial charge in [-0.1, -0.05) is 23.8 Å². The third kappa shape index (κ3) is 3.84. The van der Waals surface area contributed by atoms with Crippen LogP contribution in [0.4, 0.5) is 0 Å². The van der Waals surface area contributed by atoms with Crippen LogP contribution in [-0.2, 0) is 17.8 Å². The zero-order valence-corrected chi connectivity index (χ0v) is 13.8. The molecule has 0 bridgehead atoms. The van der Waals surface area contributed by atoms with Crippen molar-refractivity contribution in [2.45, 2.75) is 19.9 Å². The standard InChI is InChI=1S/C17H17N3O2S/c1-12-5-7-13(8-6-12)17-19-18-15(22-17)11-20(2)16(21)10-14-4-3-9-23-14/h3-9H,10-11H2,1-2H3. The van der Waals surface area contributed by atoms with E-state index < -0.39 is 0 Å². The Kier molecular flexibility index (Phi) is 4.52. The summed E-state index contributed by atoms with van der Waals surface area (Å²) in [5.74, 6) is 0.934. The minimum Gasteiger partial charge on any atom is -0.419 e. The van der Waals surface area contributed by atoms with Gasteiger partial charge in [0.25, 0.3) is 0 Å². The molecule has 0 fully saturated rings. The number of rotatable bonds is 5. The molecule has 0 radical (unpaired) electrons. The Labute approximate surface area is 138 Å². The number of likely N-dealkylation sites (N-methyl/N-ethyl adjacent to an activating group) is 1. The number of carbonyl (C=O) groups excluding carboxylic acids is 1. The minimum absolute atomic E-state index is 0.0301. The van der Waals surface area contributed by atoms with E-state index in [0.717, 1.165) is 10.4 Å². The van der Waals surface area contributed by atoms with Crippen LogP contribution >= 0.6 is 11.3 Å². The second-order valence-corrected chi connectivity index (χ2v) is 6.41. The lowest BCUT2D eigenvalue weighted by molar-refractivity contribution is -0.129. The highest BCUT2D eigenvalue weighted by Crippen LogP contribution is 2.19. The van der Waals surface area contributed by atoms with E-state index in [-0.39, 0.29) is 5.91 Å². The smallest absolute Gasteiger partial charge is 0.247 e. The molecule has 0 atom stereocenters. The third-order valence-electron chi connectivity index (χ3n) is 3.47. The molecule has 1 aromatic carbocycles. The van der Waals surface area contributed by atoms with Crippen LogP contribution in [0.5, 0.6) is 0 Å². The lowest BCUT2D eigenvalue weighted by Gasteiger charge is -2.14. The molecule has 1 amide bonds. The van der Waals surface area contributed by atoms with E-state index >= 15 is 0 Å². The average molecular weight is 327 g/mol. The fraction of sp³-hybridized carbons (Fsp3) is 0.235. The van der Waals surface area contributed by atoms with E-state index in [1.165, 1.54) is 5.56 Å². The normalized spacial score (nSPS) is 10.7. The van der Waals surface area contributed by atoms with E-state index in [2.05, 4.69) is 10.2 Å². The van der Waals surface area contributed by atoms with Crippen LogP contribution in [-0.4, -0.2) is 28.1 Å². The van der Waals surface area contributed by atoms with Crippen LogP contribution in [0.15, 0.2) is 46.2 Å². The molecule has 0 aliphatic rings. The van der Waals surface area contributed by atoms with Gasteiger partial charge >= 0.3 is 0 Å². The Morgan fingerprint density at radius 2 is 2.00 bits per heavy atom. The summed E-state index contributed by atoms with van der Waals surface area (Å²) in [5, 5.41) is 10.0. The maximum atomic E-state index is 12.2. The highest BCUT2D eigenvalue weighted by molar-refractivity contribution is 7.10. The van der Waals surface area contributed by atoms with Crippen molar-refractivity contribution >= 4 is 17.2 Å². The number of amides is 1. The molecule has 3 rings (SSSR count). The first-order valence-electron chi connectivity index (χ1n) is 7.27. The number of carbonyl (C=O) groups is 1. The van der Waals surface area contributed by atoms with Crippen LogP contribution in [0.3, 0.4) is 0 Å². The number of aromatic nitrogens is 2. The van der Waals surface area contributed by atoms with Gasteiger partial charge < -0.3 is 9.32 Å². The summed E-state index contributed by atoms with van der Waals surface area (Å²) in [4.78, 5) is 14.8. The highest BCUT2D eigenvalue weighted by Gasteiger charge is 2.15. The van der Waals surface area contributed by atoms with Gasteiger partial charge in [-0.25, -0.2) is 0 Å². The molecule has 0 N–H and O–H groups in total. The van der Waals surface area contributed by atoms with Gasteiger partial charge in [0.15, 0.2) is 0 Å². The summed E-state index contributed by atoms with van der Waals surface area (Å²) in [6.45, 7) is 2.33. The maximum absolute atomic E-state index is 12.2. The first-order valence-corrected chi connectivity index (χ1v) is 8.15. The van der Waals surface area contributed by atoms with Crippen molar-refractivity contribution in [3.63, 3.8) is 0 Å². The van der Waals surface area contributed by atoms with Crippen LogP contribution in [0.25, 0.3) is 11.5 Å². The van der Waals surface area contributed by atoms with Crippen LogP contribution in [0.2, 0.25) is 0 Å². The molecule has 5 nitrogen and oxygen atoms in total. The minimum atomic E-state index is 0.0301. The molecule has 0 saturated carbocycles. The van der Waals surface area contributed by atoms with Gasteiger partial charge in [-0.05, 0) is 30.5 Å². The lowest BCUT2D eigenvalue weighted by Crippen LogP contribution is -2.27. The average Bonchev–Trinajstić information content (AvgIpc) is 3.20. The number of hydrogen-bond donors (Lipinski definition) is 0. The summed E-state index contributed by atoms with van der Waals surface area (Å²) in [6, 6.07) is 11.8. The van der Waals surface area contributed by atoms with Crippen LogP contribution < -0.4 is 0 Å². The van der Waals surface area contributed by atoms with Crippen molar-refractivity contribution in [1.82, 2.24) is 15.1 Å². The van der Waals surface area contributed by atoms with Crippen LogP contribution in [0, 0.1) is 6.92 Å². The summed E-state index contributed by atoms with van der Waals surface area (Å²) in [5.41, 5.74) is 2.05. The van der Waals surface area contributed by atoms with Gasteiger partial charge in [-0.2, -0.15) is 0 Å². The third-order valence-corrected chi connectivity index (χ3v) is 4.35. The highest BCUT2D eigenvalue weighted by atomic mass is 32.1. The fourth-order valence-electron chi connectivity index (χ4n) is 2.12. The predicted molar refractivity (Wildman–Crippen MR) is 89.0 cm³/mol. The van der Waals surface area contributed by atoms with Gasteiger partial charge in [0.1, 0.15) is 0 Å². The van der Waals surface area contributed by atoms with Crippen molar-refractivity contribution < 1.29 is 9.21 Å². The Bertz CT molecular complexity index is 779. The van der Waals surface area contributed by atoms with E-state index in [0.29, 0.717) is 24.7 Å². The molecule has 118 valence electrons. The van der Waals surface area contributed by atoms with E-state index in [1.807, 2.05) is 48.7 Å². The van der Waals surface area contributed by atoms with E-state index in [4.69, 9.17) is 4.42 Å². The maximum Gasteiger partial charge on any atom is 0.247 e. The Morgan fingerprint density at radius 3 is 2.70 bits per heavy atom. The van der Waals surface area contributed by atoms with Crippen molar-refractivity contribution in [1.29, 1.82) is 0 Å². The summed E-state index contributed by atoms with van der Waals surface area (Å²) in [7, 11) is 1.74. The molecule has 2 aromatic heterocycles. The summed E-state index contributed by atoms with van der Waals surface area (Å²) in [6.07, 6.45) is 0.396. The molecular formula is C17H17N3O2S. The number of hydrogen-bond acceptors (Lipinski definition) is 5. The largest absolute Gasteiger partial charge is 0.419 e. The van der Waals surface area contributed by atoms with Crippen molar-refractivity contribution in [2.75, 3.05) is 7.05 Å². The second kappa shape index (κ2) is 6.75. The fourth-order valence-corrected chi connectivity index (χ4v) is 2.81. The topological polar surface area (TPSA) is 59.2 Å². The molecule has 0 spiro atoms. The molecule has 2 heterocycles. The first kappa shape index (κ1) is 15.4. The number of nitrogens with zero attached hydrogens (tertiary/aromatic N) is 3. The molecule has 6 heteroatoms. The Morgan fingerprint density at radius 1 is 1.22 bits per heavy atom. The van der Waals surface area contributed by atoms with Gasteiger partial charge in [-0.3, -0.25) is 4.79 Å². The lowest BCUT2D eigenvalue weighted by atomic mass is 10.1. The van der Waals surface area contributed by atoms with Crippen molar-refractivity contribution in [3.8, 4) is 11.5 Å². The molecule has 0 aliphatic heterocycles. The van der Waals surface area contributed by atoms with E-state index in [1.54, 1.807) is 23.3 Å². The Balaban J connectivity index is 1.64. The number of benzene rings is 1. The summed E-state index contributed by atoms with van der Waals surface area (Å²) >= 11 is 1.58. The van der Waals surface area contributed by atoms with Gasteiger partial charge in [0.05, 0.1) is 13.0 Å². The molecule has 0 saturated heterocycles. The molecule has 23 heavy (non-hydrogen) atoms. The molecule has 0 aliphatic carbocycles. The van der Waals surface area contributed by atoms with Gasteiger partial charge in [0.2, 0.25) is 17.7 Å². The van der Waals surface area contributed by atoms with Crippen molar-refractivity contribution in [2.24, 2.45) is 0 Å². The van der Waals surface area contributed by atoms with Gasteiger partial charge in [0, 0.05) is 17.5 Å². The zero-order chi connectivity index (χ0) is 16.2. The number of thiophene rings is 1. The second-order valence-electron chi connectivity index (χ2n) is 5.37. The molecular weight excluding hydrogens is 310 g/mol. The summed E-state index contributed by atoms with van der Waals surface area (Å²) < 4.78 is 5.65. The molecule has 3 aromatic rings. The quantitative estimate of drug-likeness (QED) is 0.721. The first-order chi connectivity index (χ1) is 11.1. The SMILES string of the molecule is Cc1ccc(-c2nnc(CN(C)C(=O)Cc3cccs3)o2)cc1. The Hall–Kier alpha value is -2.47. The van der Waals surface area contributed by atoms with E-state index in [9.17, 15) is 4.79 Å². The molecule has 0 unspecified atom stereocenters. The van der Waals surface area contributed by atoms with Crippen molar-refractivity contribution in [3.05, 3.63) is 58.1 Å². The predicted octanol–water partition coefficient (Wildman–Crippen LogP) is 3.31. The zero-order valence-electron chi connectivity index (χ0n) is 13.0. The number of aryl methyl sites for hydroxylation is 1.